The summed E-state index contributed by atoms with van der Waals surface area (Å²) in [5.41, 5.74) is 0.446. The number of rotatable bonds is 8. The lowest BCUT2D eigenvalue weighted by atomic mass is 10.0. The highest BCUT2D eigenvalue weighted by Gasteiger charge is 2.18. The van der Waals surface area contributed by atoms with Gasteiger partial charge >= 0.3 is 0 Å². The number of hydrogen-bond donors (Lipinski definition) is 2. The van der Waals surface area contributed by atoms with E-state index in [0.29, 0.717) is 18.7 Å². The Labute approximate surface area is 133 Å². The zero-order chi connectivity index (χ0) is 16.8. The Hall–Kier alpha value is -2.67. The van der Waals surface area contributed by atoms with E-state index in [4.69, 9.17) is 4.42 Å². The minimum atomic E-state index is -0.532. The minimum absolute atomic E-state index is 0.0764. The van der Waals surface area contributed by atoms with Crippen LogP contribution in [0.2, 0.25) is 0 Å². The van der Waals surface area contributed by atoms with Crippen molar-refractivity contribution in [3.05, 3.63) is 58.0 Å². The zero-order valence-electron chi connectivity index (χ0n) is 12.7. The van der Waals surface area contributed by atoms with Gasteiger partial charge in [0.2, 0.25) is 0 Å². The number of nitrogens with one attached hydrogen (secondary N) is 1. The number of anilines is 1. The first kappa shape index (κ1) is 16.7. The third-order valence-electron chi connectivity index (χ3n) is 3.51. The summed E-state index contributed by atoms with van der Waals surface area (Å²) in [5, 5.41) is 23.6. The standard InChI is InChI=1S/C16H18N2O5/c1-11(20)13-4-5-15(16(8-13)18(21)22)17-9-12(10-19)7-14-3-2-6-23-14/h2-6,8,12,17,19H,7,9-10H2,1H3/t12-/m0/s1. The average Bonchev–Trinajstić information content (AvgIpc) is 3.03. The highest BCUT2D eigenvalue weighted by molar-refractivity contribution is 5.95. The Balaban J connectivity index is 2.09. The molecule has 0 unspecified atom stereocenters. The molecule has 0 spiro atoms. The first-order chi connectivity index (χ1) is 11.0. The van der Waals surface area contributed by atoms with E-state index in [1.54, 1.807) is 12.3 Å². The molecule has 122 valence electrons. The lowest BCUT2D eigenvalue weighted by molar-refractivity contribution is -0.384. The fraction of sp³-hybridized carbons (Fsp3) is 0.312. The number of aliphatic hydroxyl groups excluding tert-OH is 1. The largest absolute Gasteiger partial charge is 0.469 e. The van der Waals surface area contributed by atoms with Crippen molar-refractivity contribution in [1.82, 2.24) is 0 Å². The third-order valence-corrected chi connectivity index (χ3v) is 3.51. The van der Waals surface area contributed by atoms with Crippen LogP contribution < -0.4 is 5.32 Å². The molecule has 0 aliphatic carbocycles. The molecule has 0 radical (unpaired) electrons. The fourth-order valence-corrected chi connectivity index (χ4v) is 2.22. The maximum atomic E-state index is 11.3. The molecule has 7 heteroatoms. The van der Waals surface area contributed by atoms with Gasteiger partial charge in [-0.25, -0.2) is 0 Å². The first-order valence-corrected chi connectivity index (χ1v) is 7.17. The number of hydrogen-bond acceptors (Lipinski definition) is 6. The van der Waals surface area contributed by atoms with Gasteiger partial charge in [-0.05, 0) is 31.2 Å². The van der Waals surface area contributed by atoms with E-state index < -0.39 is 4.92 Å². The maximum absolute atomic E-state index is 11.3. The predicted octanol–water partition coefficient (Wildman–Crippen LogP) is 2.65. The molecule has 0 saturated heterocycles. The van der Waals surface area contributed by atoms with Crippen LogP contribution in [0.1, 0.15) is 23.0 Å². The lowest BCUT2D eigenvalue weighted by Gasteiger charge is -2.15. The van der Waals surface area contributed by atoms with Gasteiger partial charge in [0.05, 0.1) is 11.2 Å². The van der Waals surface area contributed by atoms with Gasteiger partial charge in [-0.3, -0.25) is 14.9 Å². The summed E-state index contributed by atoms with van der Waals surface area (Å²) >= 11 is 0. The third kappa shape index (κ3) is 4.40. The van der Waals surface area contributed by atoms with E-state index in [1.165, 1.54) is 25.1 Å². The van der Waals surface area contributed by atoms with Gasteiger partial charge in [-0.15, -0.1) is 0 Å². The number of nitro benzene ring substituents is 1. The quantitative estimate of drug-likeness (QED) is 0.440. The summed E-state index contributed by atoms with van der Waals surface area (Å²) < 4.78 is 5.24. The molecule has 2 rings (SSSR count). The van der Waals surface area contributed by atoms with Crippen molar-refractivity contribution >= 4 is 17.2 Å². The van der Waals surface area contributed by atoms with E-state index in [-0.39, 0.29) is 29.6 Å². The molecule has 7 nitrogen and oxygen atoms in total. The second-order valence-electron chi connectivity index (χ2n) is 5.26. The smallest absolute Gasteiger partial charge is 0.293 e. The van der Waals surface area contributed by atoms with E-state index in [2.05, 4.69) is 5.32 Å². The predicted molar refractivity (Wildman–Crippen MR) is 84.6 cm³/mol. The highest BCUT2D eigenvalue weighted by Crippen LogP contribution is 2.26. The molecule has 2 aromatic rings. The van der Waals surface area contributed by atoms with Crippen LogP contribution in [0.3, 0.4) is 0 Å². The van der Waals surface area contributed by atoms with Crippen LogP contribution in [0.25, 0.3) is 0 Å². The van der Waals surface area contributed by atoms with E-state index >= 15 is 0 Å². The summed E-state index contributed by atoms with van der Waals surface area (Å²) in [6, 6.07) is 7.88. The average molecular weight is 318 g/mol. The van der Waals surface area contributed by atoms with E-state index in [1.807, 2.05) is 6.07 Å². The fourth-order valence-electron chi connectivity index (χ4n) is 2.22. The van der Waals surface area contributed by atoms with Gasteiger partial charge in [0.25, 0.3) is 5.69 Å². The number of Topliss-reactive ketones (excluding diaryl/α,β-unsaturated/α-hetero) is 1. The molecule has 23 heavy (non-hydrogen) atoms. The number of nitrogens with zero attached hydrogens (tertiary/aromatic N) is 1. The highest BCUT2D eigenvalue weighted by atomic mass is 16.6. The lowest BCUT2D eigenvalue weighted by Crippen LogP contribution is -2.20. The summed E-state index contributed by atoms with van der Waals surface area (Å²) in [4.78, 5) is 22.0. The molecule has 0 bridgehead atoms. The number of nitro groups is 1. The Morgan fingerprint density at radius 3 is 2.78 bits per heavy atom. The molecular formula is C16H18N2O5. The topological polar surface area (TPSA) is 106 Å². The molecule has 0 aliphatic heterocycles. The zero-order valence-corrected chi connectivity index (χ0v) is 12.7. The maximum Gasteiger partial charge on any atom is 0.293 e. The monoisotopic (exact) mass is 318 g/mol. The van der Waals surface area contributed by atoms with Crippen LogP contribution in [-0.4, -0.2) is 29.0 Å². The van der Waals surface area contributed by atoms with Crippen LogP contribution in [0.5, 0.6) is 0 Å². The summed E-state index contributed by atoms with van der Waals surface area (Å²) in [5.74, 6) is 0.367. The van der Waals surface area contributed by atoms with Crippen LogP contribution in [0.4, 0.5) is 11.4 Å². The van der Waals surface area contributed by atoms with Gasteiger partial charge in [0.1, 0.15) is 11.4 Å². The summed E-state index contributed by atoms with van der Waals surface area (Å²) in [6.07, 6.45) is 2.08. The molecule has 0 fully saturated rings. The van der Waals surface area contributed by atoms with Crippen molar-refractivity contribution in [2.45, 2.75) is 13.3 Å². The van der Waals surface area contributed by atoms with E-state index in [9.17, 15) is 20.0 Å². The normalized spacial score (nSPS) is 11.9. The van der Waals surface area contributed by atoms with Crippen LogP contribution in [0.15, 0.2) is 41.0 Å². The summed E-state index contributed by atoms with van der Waals surface area (Å²) in [6.45, 7) is 1.63. The Bertz CT molecular complexity index is 682. The van der Waals surface area contributed by atoms with Crippen molar-refractivity contribution in [3.8, 4) is 0 Å². The molecule has 2 N–H and O–H groups in total. The van der Waals surface area contributed by atoms with E-state index in [0.717, 1.165) is 5.76 Å². The minimum Gasteiger partial charge on any atom is -0.469 e. The summed E-state index contributed by atoms with van der Waals surface area (Å²) in [7, 11) is 0. The van der Waals surface area contributed by atoms with Crippen LogP contribution in [0, 0.1) is 16.0 Å². The van der Waals surface area contributed by atoms with Crippen LogP contribution in [-0.2, 0) is 6.42 Å². The molecule has 0 amide bonds. The van der Waals surface area contributed by atoms with Crippen molar-refractivity contribution in [3.63, 3.8) is 0 Å². The molecule has 1 aromatic heterocycles. The second-order valence-corrected chi connectivity index (χ2v) is 5.26. The molecule has 0 saturated carbocycles. The molecule has 1 aromatic carbocycles. The number of aliphatic hydroxyl groups is 1. The van der Waals surface area contributed by atoms with Crippen LogP contribution >= 0.6 is 0 Å². The number of ketones is 1. The van der Waals surface area contributed by atoms with Gasteiger partial charge in [0.15, 0.2) is 5.78 Å². The van der Waals surface area contributed by atoms with Crippen molar-refractivity contribution in [2.24, 2.45) is 5.92 Å². The van der Waals surface area contributed by atoms with Gasteiger partial charge in [0, 0.05) is 37.1 Å². The molecule has 1 atom stereocenters. The Kier molecular flexibility index (Phi) is 5.48. The van der Waals surface area contributed by atoms with Crippen molar-refractivity contribution in [1.29, 1.82) is 0 Å². The number of benzene rings is 1. The SMILES string of the molecule is CC(=O)c1ccc(NC[C@@H](CO)Cc2ccco2)c([N+](=O)[O-])c1. The second kappa shape index (κ2) is 7.55. The first-order valence-electron chi connectivity index (χ1n) is 7.17. The van der Waals surface area contributed by atoms with Crippen molar-refractivity contribution < 1.29 is 19.2 Å². The number of carbonyl (C=O) groups excluding carboxylic acids is 1. The number of carbonyl (C=O) groups is 1. The number of furan rings is 1. The molecule has 0 aliphatic rings. The van der Waals surface area contributed by atoms with Crippen molar-refractivity contribution in [2.75, 3.05) is 18.5 Å². The Morgan fingerprint density at radius 2 is 2.22 bits per heavy atom. The van der Waals surface area contributed by atoms with Gasteiger partial charge in [-0.1, -0.05) is 0 Å². The molecular weight excluding hydrogens is 300 g/mol. The van der Waals surface area contributed by atoms with Gasteiger partial charge in [-0.2, -0.15) is 0 Å². The van der Waals surface area contributed by atoms with Gasteiger partial charge < -0.3 is 14.8 Å². The molecule has 1 heterocycles. The Morgan fingerprint density at radius 1 is 1.43 bits per heavy atom.